The number of carbonyl (C=O) groups is 1. The summed E-state index contributed by atoms with van der Waals surface area (Å²) in [6.45, 7) is 0.252. The van der Waals surface area contributed by atoms with E-state index in [9.17, 15) is 13.2 Å². The second-order valence-corrected chi connectivity index (χ2v) is 11.1. The number of fused-ring (bicyclic) bond motifs is 1. The summed E-state index contributed by atoms with van der Waals surface area (Å²) >= 11 is 4.82. The van der Waals surface area contributed by atoms with Gasteiger partial charge in [0.15, 0.2) is 15.0 Å². The normalized spacial score (nSPS) is 11.5. The van der Waals surface area contributed by atoms with Crippen LogP contribution in [-0.4, -0.2) is 25.1 Å². The molecule has 0 bridgehead atoms. The predicted molar refractivity (Wildman–Crippen MR) is 129 cm³/mol. The molecule has 158 valence electrons. The van der Waals surface area contributed by atoms with Gasteiger partial charge >= 0.3 is 0 Å². The highest BCUT2D eigenvalue weighted by Crippen LogP contribution is 2.32. The lowest BCUT2D eigenvalue weighted by molar-refractivity contribution is -0.116. The number of carbonyl (C=O) groups excluding carboxylic acids is 1. The van der Waals surface area contributed by atoms with Crippen molar-refractivity contribution in [2.45, 2.75) is 12.3 Å². The van der Waals surface area contributed by atoms with E-state index in [0.29, 0.717) is 10.7 Å². The van der Waals surface area contributed by atoms with Crippen molar-refractivity contribution in [3.63, 3.8) is 0 Å². The van der Waals surface area contributed by atoms with Crippen molar-refractivity contribution in [1.29, 1.82) is 0 Å². The third kappa shape index (κ3) is 5.58. The van der Waals surface area contributed by atoms with E-state index in [0.717, 1.165) is 20.3 Å². The van der Waals surface area contributed by atoms with Crippen LogP contribution in [0.2, 0.25) is 0 Å². The molecule has 0 atom stereocenters. The number of nitrogens with zero attached hydrogens (tertiary/aromatic N) is 2. The van der Waals surface area contributed by atoms with E-state index in [2.05, 4.69) is 20.9 Å². The van der Waals surface area contributed by atoms with Crippen molar-refractivity contribution < 1.29 is 13.2 Å². The van der Waals surface area contributed by atoms with Gasteiger partial charge in [0.25, 0.3) is 0 Å². The molecule has 0 radical (unpaired) electrons. The van der Waals surface area contributed by atoms with E-state index in [1.807, 2.05) is 54.6 Å². The highest BCUT2D eigenvalue weighted by atomic mass is 79.9. The smallest absolute Gasteiger partial charge is 0.244 e. The number of halogens is 1. The van der Waals surface area contributed by atoms with E-state index in [4.69, 9.17) is 0 Å². The first kappa shape index (κ1) is 21.7. The summed E-state index contributed by atoms with van der Waals surface area (Å²) in [6.07, 6.45) is 0. The Hall–Kier alpha value is -2.55. The van der Waals surface area contributed by atoms with Crippen molar-refractivity contribution in [2.75, 3.05) is 10.7 Å². The van der Waals surface area contributed by atoms with Gasteiger partial charge in [-0.3, -0.25) is 9.69 Å². The van der Waals surface area contributed by atoms with Gasteiger partial charge in [-0.2, -0.15) is 0 Å². The molecule has 0 aliphatic carbocycles. The molecule has 8 heteroatoms. The van der Waals surface area contributed by atoms with Crippen LogP contribution in [0.1, 0.15) is 11.1 Å². The lowest BCUT2D eigenvalue weighted by Gasteiger charge is -2.20. The van der Waals surface area contributed by atoms with Gasteiger partial charge < -0.3 is 0 Å². The SMILES string of the molecule is O=C(CS(=O)(=O)Cc1ccccc1)N(Cc1ccccc1)c1nc2ccc(Br)cc2s1. The molecule has 0 unspecified atom stereocenters. The van der Waals surface area contributed by atoms with Crippen LogP contribution >= 0.6 is 27.3 Å². The number of aromatic nitrogens is 1. The molecule has 0 saturated heterocycles. The Morgan fingerprint density at radius 2 is 1.58 bits per heavy atom. The fourth-order valence-electron chi connectivity index (χ4n) is 3.18. The van der Waals surface area contributed by atoms with Crippen molar-refractivity contribution >= 4 is 58.4 Å². The fourth-order valence-corrected chi connectivity index (χ4v) is 6.04. The van der Waals surface area contributed by atoms with Crippen LogP contribution in [0.4, 0.5) is 5.13 Å². The third-order valence-electron chi connectivity index (χ3n) is 4.63. The topological polar surface area (TPSA) is 67.3 Å². The minimum Gasteiger partial charge on any atom is -0.283 e. The molecule has 1 heterocycles. The van der Waals surface area contributed by atoms with Gasteiger partial charge in [0.05, 0.1) is 22.5 Å². The Morgan fingerprint density at radius 3 is 2.26 bits per heavy atom. The van der Waals surface area contributed by atoms with Crippen LogP contribution in [0.25, 0.3) is 10.2 Å². The fraction of sp³-hybridized carbons (Fsp3) is 0.130. The first-order chi connectivity index (χ1) is 14.9. The second-order valence-electron chi connectivity index (χ2n) is 7.09. The number of amides is 1. The number of hydrogen-bond acceptors (Lipinski definition) is 5. The molecule has 0 saturated carbocycles. The molecule has 0 N–H and O–H groups in total. The minimum atomic E-state index is -3.64. The van der Waals surface area contributed by atoms with E-state index in [1.54, 1.807) is 24.3 Å². The Kier molecular flexibility index (Phi) is 6.50. The second kappa shape index (κ2) is 9.30. The maximum absolute atomic E-state index is 13.2. The highest BCUT2D eigenvalue weighted by Gasteiger charge is 2.26. The van der Waals surface area contributed by atoms with E-state index in [-0.39, 0.29) is 12.3 Å². The highest BCUT2D eigenvalue weighted by molar-refractivity contribution is 9.10. The molecule has 0 fully saturated rings. The van der Waals surface area contributed by atoms with Gasteiger partial charge in [0.2, 0.25) is 5.91 Å². The van der Waals surface area contributed by atoms with Gasteiger partial charge in [0, 0.05) is 4.47 Å². The molecule has 0 aliphatic rings. The van der Waals surface area contributed by atoms with Gasteiger partial charge in [-0.25, -0.2) is 13.4 Å². The average molecular weight is 515 g/mol. The average Bonchev–Trinajstić information content (AvgIpc) is 3.15. The first-order valence-electron chi connectivity index (χ1n) is 9.54. The van der Waals surface area contributed by atoms with Crippen molar-refractivity contribution in [3.8, 4) is 0 Å². The Balaban J connectivity index is 1.63. The zero-order valence-corrected chi connectivity index (χ0v) is 19.7. The summed E-state index contributed by atoms with van der Waals surface area (Å²) in [7, 11) is -3.64. The summed E-state index contributed by atoms with van der Waals surface area (Å²) in [6, 6.07) is 24.1. The van der Waals surface area contributed by atoms with Crippen LogP contribution in [0, 0.1) is 0 Å². The van der Waals surface area contributed by atoms with Crippen LogP contribution in [-0.2, 0) is 26.9 Å². The lowest BCUT2D eigenvalue weighted by Crippen LogP contribution is -2.35. The molecule has 31 heavy (non-hydrogen) atoms. The Morgan fingerprint density at radius 1 is 0.935 bits per heavy atom. The number of anilines is 1. The van der Waals surface area contributed by atoms with Crippen LogP contribution < -0.4 is 4.90 Å². The van der Waals surface area contributed by atoms with Gasteiger partial charge in [-0.1, -0.05) is 87.9 Å². The molecule has 4 rings (SSSR count). The minimum absolute atomic E-state index is 0.175. The van der Waals surface area contributed by atoms with Gasteiger partial charge in [-0.05, 0) is 29.3 Å². The number of hydrogen-bond donors (Lipinski definition) is 0. The molecule has 5 nitrogen and oxygen atoms in total. The van der Waals surface area contributed by atoms with Gasteiger partial charge in [-0.15, -0.1) is 0 Å². The van der Waals surface area contributed by atoms with Crippen LogP contribution in [0.15, 0.2) is 83.3 Å². The van der Waals surface area contributed by atoms with E-state index in [1.165, 1.54) is 16.2 Å². The molecule has 3 aromatic carbocycles. The quantitative estimate of drug-likeness (QED) is 0.339. The molecule has 4 aromatic rings. The third-order valence-corrected chi connectivity index (χ3v) is 7.62. The molecular formula is C23H19BrN2O3S2. The van der Waals surface area contributed by atoms with E-state index < -0.39 is 21.5 Å². The maximum Gasteiger partial charge on any atom is 0.244 e. The monoisotopic (exact) mass is 514 g/mol. The summed E-state index contributed by atoms with van der Waals surface area (Å²) in [5.41, 5.74) is 2.33. The summed E-state index contributed by atoms with van der Waals surface area (Å²) in [4.78, 5) is 19.3. The lowest BCUT2D eigenvalue weighted by atomic mass is 10.2. The van der Waals surface area contributed by atoms with Crippen LogP contribution in [0.5, 0.6) is 0 Å². The number of sulfone groups is 1. The van der Waals surface area contributed by atoms with Crippen molar-refractivity contribution in [2.24, 2.45) is 0 Å². The van der Waals surface area contributed by atoms with Crippen molar-refractivity contribution in [1.82, 2.24) is 4.98 Å². The maximum atomic E-state index is 13.2. The summed E-state index contributed by atoms with van der Waals surface area (Å²) in [5, 5.41) is 0.483. The predicted octanol–water partition coefficient (Wildman–Crippen LogP) is 5.21. The number of thiazole rings is 1. The molecule has 1 aromatic heterocycles. The standard InChI is InChI=1S/C23H19BrN2O3S2/c24-19-11-12-20-21(13-19)30-23(25-20)26(14-17-7-3-1-4-8-17)22(27)16-31(28,29)15-18-9-5-2-6-10-18/h1-13H,14-16H2. The molecule has 0 aliphatic heterocycles. The zero-order valence-electron chi connectivity index (χ0n) is 16.4. The number of benzene rings is 3. The van der Waals surface area contributed by atoms with Crippen LogP contribution in [0.3, 0.4) is 0 Å². The number of rotatable bonds is 7. The molecular weight excluding hydrogens is 496 g/mol. The van der Waals surface area contributed by atoms with Crippen molar-refractivity contribution in [3.05, 3.63) is 94.5 Å². The zero-order chi connectivity index (χ0) is 21.8. The molecule has 1 amide bonds. The largest absolute Gasteiger partial charge is 0.283 e. The summed E-state index contributed by atoms with van der Waals surface area (Å²) < 4.78 is 27.3. The first-order valence-corrected chi connectivity index (χ1v) is 13.0. The molecule has 0 spiro atoms. The Bertz CT molecular complexity index is 1310. The summed E-state index contributed by atoms with van der Waals surface area (Å²) in [5.74, 6) is -1.24. The van der Waals surface area contributed by atoms with Gasteiger partial charge in [0.1, 0.15) is 5.75 Å². The Labute approximate surface area is 193 Å². The van der Waals surface area contributed by atoms with E-state index >= 15 is 0 Å².